The summed E-state index contributed by atoms with van der Waals surface area (Å²) in [5, 5.41) is 0. The van der Waals surface area contributed by atoms with Crippen LogP contribution in [0.4, 0.5) is 5.69 Å². The van der Waals surface area contributed by atoms with Crippen molar-refractivity contribution in [1.29, 1.82) is 0 Å². The third kappa shape index (κ3) is 3.00. The summed E-state index contributed by atoms with van der Waals surface area (Å²) in [5.41, 5.74) is 1.33. The zero-order valence-corrected chi connectivity index (χ0v) is 14.2. The highest BCUT2D eigenvalue weighted by Crippen LogP contribution is 2.31. The number of benzene rings is 2. The van der Waals surface area contributed by atoms with Crippen LogP contribution < -0.4 is 14.2 Å². The molecule has 1 heterocycles. The quantitative estimate of drug-likeness (QED) is 0.762. The molecule has 0 aliphatic rings. The second-order valence-corrected chi connectivity index (χ2v) is 6.72. The van der Waals surface area contributed by atoms with Gasteiger partial charge in [-0.2, -0.15) is 0 Å². The first kappa shape index (κ1) is 16.1. The molecular weight excluding hydrogens is 332 g/mol. The van der Waals surface area contributed by atoms with Crippen molar-refractivity contribution >= 4 is 26.8 Å². The van der Waals surface area contributed by atoms with Crippen LogP contribution in [-0.4, -0.2) is 27.6 Å². The number of methoxy groups -OCH3 is 2. The van der Waals surface area contributed by atoms with Crippen molar-refractivity contribution < 1.29 is 22.3 Å². The van der Waals surface area contributed by atoms with Crippen LogP contribution in [0.25, 0.3) is 11.1 Å². The van der Waals surface area contributed by atoms with E-state index in [0.29, 0.717) is 34.2 Å². The number of aryl methyl sites for hydroxylation is 1. The van der Waals surface area contributed by atoms with Gasteiger partial charge < -0.3 is 13.9 Å². The topological polar surface area (TPSA) is 90.7 Å². The van der Waals surface area contributed by atoms with Gasteiger partial charge in [0.2, 0.25) is 0 Å². The number of ether oxygens (including phenoxy) is 2. The Morgan fingerprint density at radius 2 is 1.88 bits per heavy atom. The van der Waals surface area contributed by atoms with E-state index in [2.05, 4.69) is 9.71 Å². The van der Waals surface area contributed by atoms with Crippen LogP contribution in [-0.2, 0) is 10.0 Å². The van der Waals surface area contributed by atoms with Gasteiger partial charge in [-0.3, -0.25) is 4.72 Å². The van der Waals surface area contributed by atoms with Gasteiger partial charge in [-0.25, -0.2) is 13.4 Å². The summed E-state index contributed by atoms with van der Waals surface area (Å²) >= 11 is 0. The van der Waals surface area contributed by atoms with E-state index < -0.39 is 10.0 Å². The monoisotopic (exact) mass is 348 g/mol. The summed E-state index contributed by atoms with van der Waals surface area (Å²) in [6.07, 6.45) is 0. The highest BCUT2D eigenvalue weighted by atomic mass is 32.2. The van der Waals surface area contributed by atoms with Crippen molar-refractivity contribution in [2.45, 2.75) is 11.8 Å². The van der Waals surface area contributed by atoms with Gasteiger partial charge in [0.15, 0.2) is 11.5 Å². The number of hydrogen-bond acceptors (Lipinski definition) is 6. The van der Waals surface area contributed by atoms with Crippen LogP contribution in [0, 0.1) is 6.92 Å². The summed E-state index contributed by atoms with van der Waals surface area (Å²) in [5.74, 6) is 1.40. The highest BCUT2D eigenvalue weighted by Gasteiger charge is 2.18. The van der Waals surface area contributed by atoms with Gasteiger partial charge in [0, 0.05) is 13.0 Å². The predicted octanol–water partition coefficient (Wildman–Crippen LogP) is 2.95. The molecule has 0 radical (unpaired) electrons. The number of rotatable bonds is 5. The lowest BCUT2D eigenvalue weighted by molar-refractivity contribution is 0.395. The Kier molecular flexibility index (Phi) is 4.06. The van der Waals surface area contributed by atoms with Crippen LogP contribution in [0.15, 0.2) is 45.7 Å². The molecule has 3 rings (SSSR count). The molecule has 0 saturated carbocycles. The molecule has 0 aliphatic heterocycles. The van der Waals surface area contributed by atoms with Crippen LogP contribution >= 0.6 is 0 Å². The van der Waals surface area contributed by atoms with E-state index in [9.17, 15) is 8.42 Å². The molecule has 7 nitrogen and oxygen atoms in total. The van der Waals surface area contributed by atoms with E-state index in [4.69, 9.17) is 13.9 Å². The van der Waals surface area contributed by atoms with Crippen LogP contribution in [0.1, 0.15) is 5.89 Å². The van der Waals surface area contributed by atoms with E-state index in [1.54, 1.807) is 31.2 Å². The first-order valence-electron chi connectivity index (χ1n) is 7.05. The van der Waals surface area contributed by atoms with E-state index in [0.717, 1.165) is 0 Å². The summed E-state index contributed by atoms with van der Waals surface area (Å²) < 4.78 is 43.4. The average molecular weight is 348 g/mol. The zero-order valence-electron chi connectivity index (χ0n) is 13.4. The molecule has 0 bridgehead atoms. The standard InChI is InChI=1S/C16H16N2O5S/c1-10-17-14-9-12(5-7-15(14)23-10)24(19,20)18-13-6-4-11(21-2)8-16(13)22-3/h4-9,18H,1-3H3. The normalized spacial score (nSPS) is 11.5. The van der Waals surface area contributed by atoms with Crippen molar-refractivity contribution in [3.05, 3.63) is 42.3 Å². The lowest BCUT2D eigenvalue weighted by Crippen LogP contribution is -2.13. The maximum Gasteiger partial charge on any atom is 0.262 e. The largest absolute Gasteiger partial charge is 0.497 e. The number of anilines is 1. The first-order chi connectivity index (χ1) is 11.4. The van der Waals surface area contributed by atoms with E-state index in [1.807, 2.05) is 0 Å². The van der Waals surface area contributed by atoms with Gasteiger partial charge in [0.1, 0.15) is 17.0 Å². The minimum absolute atomic E-state index is 0.0844. The second kappa shape index (κ2) is 6.04. The Morgan fingerprint density at radius 3 is 2.58 bits per heavy atom. The SMILES string of the molecule is COc1ccc(NS(=O)(=O)c2ccc3oc(C)nc3c2)c(OC)c1. The van der Waals surface area contributed by atoms with E-state index in [-0.39, 0.29) is 4.90 Å². The molecule has 0 fully saturated rings. The summed E-state index contributed by atoms with van der Waals surface area (Å²) in [6, 6.07) is 9.32. The number of oxazole rings is 1. The predicted molar refractivity (Wildman–Crippen MR) is 89.1 cm³/mol. The van der Waals surface area contributed by atoms with Crippen molar-refractivity contribution in [3.8, 4) is 11.5 Å². The molecule has 24 heavy (non-hydrogen) atoms. The van der Waals surface area contributed by atoms with Gasteiger partial charge in [0.25, 0.3) is 10.0 Å². The van der Waals surface area contributed by atoms with Gasteiger partial charge in [-0.05, 0) is 30.3 Å². The molecular formula is C16H16N2O5S. The number of nitrogens with zero attached hydrogens (tertiary/aromatic N) is 1. The maximum absolute atomic E-state index is 12.6. The number of sulfonamides is 1. The van der Waals surface area contributed by atoms with Gasteiger partial charge in [-0.1, -0.05) is 0 Å². The number of nitrogens with one attached hydrogen (secondary N) is 1. The molecule has 0 saturated heterocycles. The molecule has 1 aromatic heterocycles. The summed E-state index contributed by atoms with van der Waals surface area (Å²) in [6.45, 7) is 1.70. The lowest BCUT2D eigenvalue weighted by atomic mass is 10.3. The van der Waals surface area contributed by atoms with Crippen molar-refractivity contribution in [3.63, 3.8) is 0 Å². The Hall–Kier alpha value is -2.74. The molecule has 3 aromatic rings. The fourth-order valence-electron chi connectivity index (χ4n) is 2.28. The second-order valence-electron chi connectivity index (χ2n) is 5.03. The Balaban J connectivity index is 1.98. The van der Waals surface area contributed by atoms with Gasteiger partial charge in [-0.15, -0.1) is 0 Å². The lowest BCUT2D eigenvalue weighted by Gasteiger charge is -2.13. The molecule has 0 unspecified atom stereocenters. The summed E-state index contributed by atoms with van der Waals surface area (Å²) in [7, 11) is -0.823. The first-order valence-corrected chi connectivity index (χ1v) is 8.53. The number of fused-ring (bicyclic) bond motifs is 1. The van der Waals surface area contributed by atoms with Gasteiger partial charge >= 0.3 is 0 Å². The maximum atomic E-state index is 12.6. The Labute approximate surface area is 139 Å². The molecule has 1 N–H and O–H groups in total. The van der Waals surface area contributed by atoms with Crippen molar-refractivity contribution in [2.24, 2.45) is 0 Å². The number of hydrogen-bond donors (Lipinski definition) is 1. The highest BCUT2D eigenvalue weighted by molar-refractivity contribution is 7.92. The Bertz CT molecular complexity index is 995. The van der Waals surface area contributed by atoms with Crippen LogP contribution in [0.5, 0.6) is 11.5 Å². The van der Waals surface area contributed by atoms with Crippen molar-refractivity contribution in [1.82, 2.24) is 4.98 Å². The third-order valence-corrected chi connectivity index (χ3v) is 4.79. The number of aromatic nitrogens is 1. The fourth-order valence-corrected chi connectivity index (χ4v) is 3.37. The van der Waals surface area contributed by atoms with Crippen LogP contribution in [0.2, 0.25) is 0 Å². The van der Waals surface area contributed by atoms with Crippen molar-refractivity contribution in [2.75, 3.05) is 18.9 Å². The molecule has 0 amide bonds. The smallest absolute Gasteiger partial charge is 0.262 e. The van der Waals surface area contributed by atoms with E-state index >= 15 is 0 Å². The molecule has 126 valence electrons. The summed E-state index contributed by atoms with van der Waals surface area (Å²) in [4.78, 5) is 4.24. The average Bonchev–Trinajstić information content (AvgIpc) is 2.94. The molecule has 2 aromatic carbocycles. The molecule has 0 aliphatic carbocycles. The van der Waals surface area contributed by atoms with Crippen LogP contribution in [0.3, 0.4) is 0 Å². The third-order valence-electron chi connectivity index (χ3n) is 3.43. The van der Waals surface area contributed by atoms with Gasteiger partial charge in [0.05, 0.1) is 24.8 Å². The fraction of sp³-hybridized carbons (Fsp3) is 0.188. The molecule has 0 spiro atoms. The molecule has 8 heteroatoms. The van der Waals surface area contributed by atoms with E-state index in [1.165, 1.54) is 26.4 Å². The minimum atomic E-state index is -3.80. The minimum Gasteiger partial charge on any atom is -0.497 e. The Morgan fingerprint density at radius 1 is 1.08 bits per heavy atom. The molecule has 0 atom stereocenters. The zero-order chi connectivity index (χ0) is 17.3.